The van der Waals surface area contributed by atoms with Crippen LogP contribution in [0.3, 0.4) is 0 Å². The molecule has 0 saturated heterocycles. The summed E-state index contributed by atoms with van der Waals surface area (Å²) in [6.07, 6.45) is 11.0. The van der Waals surface area contributed by atoms with Crippen molar-refractivity contribution in [2.75, 3.05) is 13.2 Å². The molecule has 0 radical (unpaired) electrons. The number of benzene rings is 3. The third-order valence-electron chi connectivity index (χ3n) is 10.1. The summed E-state index contributed by atoms with van der Waals surface area (Å²) in [5.41, 5.74) is 4.06. The Balaban J connectivity index is 1.56. The van der Waals surface area contributed by atoms with Crippen molar-refractivity contribution in [3.05, 3.63) is 65.9 Å². The van der Waals surface area contributed by atoms with E-state index in [1.54, 1.807) is 12.1 Å². The lowest BCUT2D eigenvalue weighted by atomic mass is 10.0. The molecule has 0 bridgehead atoms. The normalized spacial score (nSPS) is 12.7. The van der Waals surface area contributed by atoms with E-state index in [0.717, 1.165) is 55.0 Å². The average Bonchev–Trinajstić information content (AvgIpc) is 3.47. The van der Waals surface area contributed by atoms with E-state index in [2.05, 4.69) is 33.8 Å². The summed E-state index contributed by atoms with van der Waals surface area (Å²) in [6.45, 7) is 13.7. The molecule has 2 N–H and O–H groups in total. The van der Waals surface area contributed by atoms with Crippen LogP contribution >= 0.6 is 0 Å². The molecule has 0 aliphatic rings. The molecular weight excluding hydrogens is 624 g/mol. The largest absolute Gasteiger partial charge is 0.507 e. The van der Waals surface area contributed by atoms with Gasteiger partial charge in [-0.1, -0.05) is 84.4 Å². The number of nitrogens with zero attached hydrogens (tertiary/aromatic N) is 4. The first-order chi connectivity index (χ1) is 24.2. The van der Waals surface area contributed by atoms with Gasteiger partial charge in [0, 0.05) is 40.8 Å². The second-order valence-corrected chi connectivity index (χ2v) is 13.6. The minimum Gasteiger partial charge on any atom is -0.507 e. The molecule has 5 aromatic rings. The van der Waals surface area contributed by atoms with Crippen LogP contribution in [0.15, 0.2) is 54.7 Å². The molecule has 2 aromatic heterocycles. The molecule has 2 heterocycles. The van der Waals surface area contributed by atoms with E-state index in [1.165, 1.54) is 12.8 Å². The average molecular weight is 679 g/mol. The maximum Gasteiger partial charge on any atom is 0.167 e. The highest BCUT2D eigenvalue weighted by Crippen LogP contribution is 2.40. The van der Waals surface area contributed by atoms with Crippen LogP contribution < -0.4 is 9.47 Å². The fourth-order valence-corrected chi connectivity index (χ4v) is 6.51. The number of rotatable bonds is 17. The van der Waals surface area contributed by atoms with Crippen LogP contribution in [0.4, 0.5) is 0 Å². The topological polar surface area (TPSA) is 103 Å². The predicted octanol–water partition coefficient (Wildman–Crippen LogP) is 10.6. The molecule has 8 nitrogen and oxygen atoms in total. The third-order valence-corrected chi connectivity index (χ3v) is 10.1. The Labute approximate surface area is 297 Å². The molecule has 0 spiro atoms. The van der Waals surface area contributed by atoms with Crippen LogP contribution in [0.5, 0.6) is 23.0 Å². The molecule has 2 atom stereocenters. The van der Waals surface area contributed by atoms with Gasteiger partial charge in [0.1, 0.15) is 23.0 Å². The van der Waals surface area contributed by atoms with Gasteiger partial charge >= 0.3 is 0 Å². The van der Waals surface area contributed by atoms with Gasteiger partial charge in [0.25, 0.3) is 0 Å². The van der Waals surface area contributed by atoms with E-state index in [-0.39, 0.29) is 11.5 Å². The molecule has 0 fully saturated rings. The maximum atomic E-state index is 11.6. The van der Waals surface area contributed by atoms with Crippen molar-refractivity contribution in [3.8, 4) is 57.2 Å². The lowest BCUT2D eigenvalue weighted by Gasteiger charge is -2.18. The van der Waals surface area contributed by atoms with Gasteiger partial charge in [0.05, 0.1) is 24.3 Å². The van der Waals surface area contributed by atoms with Crippen LogP contribution in [-0.2, 0) is 7.05 Å². The lowest BCUT2D eigenvalue weighted by Crippen LogP contribution is -2.12. The first-order valence-corrected chi connectivity index (χ1v) is 18.4. The van der Waals surface area contributed by atoms with E-state index >= 15 is 0 Å². The van der Waals surface area contributed by atoms with Crippen molar-refractivity contribution in [1.82, 2.24) is 19.5 Å². The van der Waals surface area contributed by atoms with Crippen molar-refractivity contribution >= 4 is 10.9 Å². The number of aromatic hydroxyl groups is 2. The van der Waals surface area contributed by atoms with Crippen LogP contribution in [0.2, 0.25) is 0 Å². The minimum absolute atomic E-state index is 0.0582. The van der Waals surface area contributed by atoms with Crippen molar-refractivity contribution in [2.24, 2.45) is 18.9 Å². The van der Waals surface area contributed by atoms with E-state index in [0.29, 0.717) is 76.3 Å². The summed E-state index contributed by atoms with van der Waals surface area (Å²) in [7, 11) is 1.99. The summed E-state index contributed by atoms with van der Waals surface area (Å²) >= 11 is 0. The molecule has 2 unspecified atom stereocenters. The van der Waals surface area contributed by atoms with Crippen molar-refractivity contribution in [1.29, 1.82) is 0 Å². The molecular formula is C42H54N4O4. The van der Waals surface area contributed by atoms with Gasteiger partial charge in [0.15, 0.2) is 17.5 Å². The van der Waals surface area contributed by atoms with Gasteiger partial charge in [-0.15, -0.1) is 0 Å². The van der Waals surface area contributed by atoms with Crippen molar-refractivity contribution < 1.29 is 19.7 Å². The van der Waals surface area contributed by atoms with Gasteiger partial charge in [0.2, 0.25) is 0 Å². The van der Waals surface area contributed by atoms with Gasteiger partial charge < -0.3 is 24.3 Å². The van der Waals surface area contributed by atoms with Gasteiger partial charge in [-0.3, -0.25) is 0 Å². The molecule has 266 valence electrons. The van der Waals surface area contributed by atoms with Gasteiger partial charge in [-0.05, 0) is 68.9 Å². The second kappa shape index (κ2) is 16.9. The van der Waals surface area contributed by atoms with Crippen LogP contribution in [0.1, 0.15) is 90.2 Å². The zero-order chi connectivity index (χ0) is 35.8. The summed E-state index contributed by atoms with van der Waals surface area (Å²) in [5, 5.41) is 24.1. The number of aryl methyl sites for hydroxylation is 1. The van der Waals surface area contributed by atoms with Crippen LogP contribution in [0, 0.1) is 25.7 Å². The third kappa shape index (κ3) is 8.06. The molecule has 0 saturated carbocycles. The Morgan fingerprint density at radius 2 is 1.10 bits per heavy atom. The quantitative estimate of drug-likeness (QED) is 0.101. The highest BCUT2D eigenvalue weighted by atomic mass is 16.5. The summed E-state index contributed by atoms with van der Waals surface area (Å²) in [6, 6.07) is 15.5. The van der Waals surface area contributed by atoms with Crippen LogP contribution in [0.25, 0.3) is 45.1 Å². The number of fused-ring (bicyclic) bond motifs is 1. The summed E-state index contributed by atoms with van der Waals surface area (Å²) < 4.78 is 14.5. The van der Waals surface area contributed by atoms with E-state index in [4.69, 9.17) is 24.4 Å². The zero-order valence-electron chi connectivity index (χ0n) is 30.9. The van der Waals surface area contributed by atoms with Crippen molar-refractivity contribution in [3.63, 3.8) is 0 Å². The number of phenolic OH excluding ortho intramolecular Hbond substituents is 2. The maximum absolute atomic E-state index is 11.6. The Bertz CT molecular complexity index is 1810. The van der Waals surface area contributed by atoms with Gasteiger partial charge in [-0.2, -0.15) is 0 Å². The highest BCUT2D eigenvalue weighted by molar-refractivity contribution is 5.94. The molecule has 0 aliphatic carbocycles. The van der Waals surface area contributed by atoms with E-state index in [9.17, 15) is 10.2 Å². The summed E-state index contributed by atoms with van der Waals surface area (Å²) in [5.74, 6) is 3.39. The number of unbranched alkanes of at least 4 members (excludes halogenated alkanes) is 2. The van der Waals surface area contributed by atoms with Crippen molar-refractivity contribution in [2.45, 2.75) is 92.9 Å². The summed E-state index contributed by atoms with van der Waals surface area (Å²) in [4.78, 5) is 14.7. The number of ether oxygens (including phenoxy) is 2. The Morgan fingerprint density at radius 3 is 1.56 bits per heavy atom. The van der Waals surface area contributed by atoms with Gasteiger partial charge in [-0.25, -0.2) is 15.0 Å². The zero-order valence-corrected chi connectivity index (χ0v) is 30.9. The molecule has 50 heavy (non-hydrogen) atoms. The Hall–Kier alpha value is -4.59. The lowest BCUT2D eigenvalue weighted by molar-refractivity contribution is 0.231. The molecule has 3 aromatic carbocycles. The number of para-hydroxylation sites is 1. The smallest absolute Gasteiger partial charge is 0.167 e. The number of aromatic nitrogens is 4. The standard InChI is InChI=1S/C42H54N4O4/c1-8-12-16-29(10-3)25-49-36-22-20-32(38(47)27(36)5)40-43-41(45-42(44-40)34-24-46(7)35-19-15-14-18-31(34)35)33-21-23-37(28(6)39(33)48)50-26-30(11-4)17-13-9-2/h14-15,18-24,29-30,47-48H,8-13,16-17,25-26H2,1-7H3. The number of hydrogen-bond donors (Lipinski definition) is 2. The Morgan fingerprint density at radius 1 is 0.640 bits per heavy atom. The highest BCUT2D eigenvalue weighted by Gasteiger charge is 2.22. The first kappa shape index (κ1) is 36.7. The molecule has 0 aliphatic heterocycles. The molecule has 8 heteroatoms. The molecule has 0 amide bonds. The minimum atomic E-state index is 0.0582. The predicted molar refractivity (Wildman–Crippen MR) is 203 cm³/mol. The first-order valence-electron chi connectivity index (χ1n) is 18.4. The monoisotopic (exact) mass is 678 g/mol. The Kier molecular flexibility index (Phi) is 12.4. The second-order valence-electron chi connectivity index (χ2n) is 13.6. The van der Waals surface area contributed by atoms with E-state index < -0.39 is 0 Å². The van der Waals surface area contributed by atoms with Crippen LogP contribution in [-0.4, -0.2) is 42.9 Å². The number of phenols is 2. The number of hydrogen-bond acceptors (Lipinski definition) is 7. The fraction of sp³-hybridized carbons (Fsp3) is 0.452. The van der Waals surface area contributed by atoms with E-state index in [1.807, 2.05) is 62.0 Å². The fourth-order valence-electron chi connectivity index (χ4n) is 6.51. The molecule has 5 rings (SSSR count). The SMILES string of the molecule is CCCCC(CC)COc1ccc(-c2nc(-c3ccc(OCC(CC)CCCC)c(C)c3O)nc(-c3cn(C)c4ccccc34)n2)c(O)c1C.